The van der Waals surface area contributed by atoms with Gasteiger partial charge in [0.05, 0.1) is 0 Å². The van der Waals surface area contributed by atoms with Crippen LogP contribution in [0.25, 0.3) is 17.2 Å². The van der Waals surface area contributed by atoms with Crippen molar-refractivity contribution >= 4 is 41.7 Å². The Morgan fingerprint density at radius 1 is 0.551 bits per heavy atom. The molecule has 0 aliphatic rings. The average Bonchev–Trinajstić information content (AvgIpc) is 3.06. The van der Waals surface area contributed by atoms with E-state index < -0.39 is 35.6 Å². The minimum Gasteiger partial charge on any atom is -0.423 e. The van der Waals surface area contributed by atoms with Gasteiger partial charge < -0.3 is 23.7 Å². The van der Waals surface area contributed by atoms with Crippen molar-refractivity contribution in [1.29, 1.82) is 0 Å². The molecule has 3 aromatic rings. The Morgan fingerprint density at radius 3 is 1.41 bits per heavy atom. The first kappa shape index (κ1) is 37.1. The Labute approximate surface area is 283 Å². The number of carbonyl (C=O) groups excluding carboxylic acids is 6. The third kappa shape index (κ3) is 10.3. The molecule has 0 aliphatic heterocycles. The largest absolute Gasteiger partial charge is 0.423 e. The van der Waals surface area contributed by atoms with Gasteiger partial charge in [-0.15, -0.1) is 0 Å². The molecule has 49 heavy (non-hydrogen) atoms. The maximum absolute atomic E-state index is 13.1. The zero-order valence-corrected chi connectivity index (χ0v) is 27.7. The summed E-state index contributed by atoms with van der Waals surface area (Å²) in [4.78, 5) is 74.2. The smallest absolute Gasteiger partial charge is 0.379 e. The van der Waals surface area contributed by atoms with E-state index in [0.717, 1.165) is 0 Å². The van der Waals surface area contributed by atoms with Crippen molar-refractivity contribution in [3.8, 4) is 39.9 Å². The first-order chi connectivity index (χ1) is 23.1. The van der Waals surface area contributed by atoms with Crippen molar-refractivity contribution in [1.82, 2.24) is 0 Å². The molecule has 0 saturated heterocycles. The molecule has 0 atom stereocenters. The summed E-state index contributed by atoms with van der Waals surface area (Å²) < 4.78 is 26.9. The minimum atomic E-state index is -1.15. The van der Waals surface area contributed by atoms with Gasteiger partial charge in [-0.3, -0.25) is 4.79 Å². The molecule has 0 radical (unpaired) electrons. The van der Waals surface area contributed by atoms with Crippen LogP contribution in [0.4, 0.5) is 0 Å². The molecule has 11 nitrogen and oxygen atoms in total. The molecule has 11 heteroatoms. The molecule has 0 saturated carbocycles. The highest BCUT2D eigenvalue weighted by molar-refractivity contribution is 6.34. The summed E-state index contributed by atoms with van der Waals surface area (Å²) in [5, 5.41) is 0. The molecule has 3 aromatic carbocycles. The predicted octanol–water partition coefficient (Wildman–Crippen LogP) is 6.69. The van der Waals surface area contributed by atoms with Crippen LogP contribution < -0.4 is 23.7 Å². The first-order valence-electron chi connectivity index (χ1n) is 14.8. The number of ether oxygens (including phenoxy) is 5. The van der Waals surface area contributed by atoms with Crippen LogP contribution in [-0.4, -0.2) is 35.6 Å². The molecule has 3 rings (SSSR count). The van der Waals surface area contributed by atoms with Crippen LogP contribution in [0.5, 0.6) is 28.7 Å². The molecule has 252 valence electrons. The lowest BCUT2D eigenvalue weighted by molar-refractivity contribution is -0.146. The highest BCUT2D eigenvalue weighted by atomic mass is 16.6. The van der Waals surface area contributed by atoms with Crippen LogP contribution in [-0.2, 0) is 28.8 Å². The highest BCUT2D eigenvalue weighted by Crippen LogP contribution is 2.39. The van der Waals surface area contributed by atoms with Gasteiger partial charge in [0.2, 0.25) is 5.78 Å². The van der Waals surface area contributed by atoms with Crippen LogP contribution in [0, 0.1) is 0 Å². The van der Waals surface area contributed by atoms with Crippen molar-refractivity contribution in [3.63, 3.8) is 0 Å². The van der Waals surface area contributed by atoms with Crippen molar-refractivity contribution in [2.75, 3.05) is 0 Å². The van der Waals surface area contributed by atoms with Crippen LogP contribution >= 0.6 is 0 Å². The Kier molecular flexibility index (Phi) is 12.5. The highest BCUT2D eigenvalue weighted by Gasteiger charge is 2.22. The molecular weight excluding hydrogens is 632 g/mol. The number of esters is 5. The van der Waals surface area contributed by atoms with Crippen LogP contribution in [0.15, 0.2) is 103 Å². The molecule has 0 aliphatic carbocycles. The maximum Gasteiger partial charge on any atom is 0.379 e. The van der Waals surface area contributed by atoms with E-state index in [9.17, 15) is 28.8 Å². The number of benzene rings is 3. The Morgan fingerprint density at radius 2 is 0.959 bits per heavy atom. The zero-order chi connectivity index (χ0) is 36.4. The molecule has 0 heterocycles. The summed E-state index contributed by atoms with van der Waals surface area (Å²) in [6.07, 6.45) is 1.21. The van der Waals surface area contributed by atoms with Gasteiger partial charge in [-0.05, 0) is 87.9 Å². The number of Topliss-reactive ketones (excluding diaryl/α,β-unsaturated/α-hetero) is 1. The number of carbonyl (C=O) groups is 6. The first-order valence-corrected chi connectivity index (χ1v) is 14.8. The predicted molar refractivity (Wildman–Crippen MR) is 180 cm³/mol. The van der Waals surface area contributed by atoms with E-state index in [0.29, 0.717) is 5.56 Å². The molecule has 0 N–H and O–H groups in total. The van der Waals surface area contributed by atoms with Gasteiger partial charge in [-0.1, -0.05) is 38.8 Å². The number of ketones is 1. The summed E-state index contributed by atoms with van der Waals surface area (Å²) in [6, 6.07) is 14.6. The monoisotopic (exact) mass is 666 g/mol. The summed E-state index contributed by atoms with van der Waals surface area (Å²) in [7, 11) is 0. The lowest BCUT2D eigenvalue weighted by Crippen LogP contribution is -2.20. The van der Waals surface area contributed by atoms with Crippen molar-refractivity contribution in [3.05, 3.63) is 108 Å². The molecular formula is C38H34O11. The molecule has 0 fully saturated rings. The van der Waals surface area contributed by atoms with Gasteiger partial charge in [0.25, 0.3) is 0 Å². The number of rotatable bonds is 13. The molecule has 0 spiro atoms. The maximum atomic E-state index is 13.1. The van der Waals surface area contributed by atoms with Crippen molar-refractivity contribution in [2.24, 2.45) is 0 Å². The van der Waals surface area contributed by atoms with E-state index in [-0.39, 0.29) is 68.6 Å². The van der Waals surface area contributed by atoms with E-state index in [1.165, 1.54) is 89.2 Å². The number of hydrogen-bond acceptors (Lipinski definition) is 11. The fourth-order valence-corrected chi connectivity index (χ4v) is 3.72. The van der Waals surface area contributed by atoms with E-state index >= 15 is 0 Å². The van der Waals surface area contributed by atoms with Crippen molar-refractivity contribution in [2.45, 2.75) is 41.0 Å². The third-order valence-electron chi connectivity index (χ3n) is 6.43. The third-order valence-corrected chi connectivity index (χ3v) is 6.43. The average molecular weight is 667 g/mol. The van der Waals surface area contributed by atoms with Gasteiger partial charge in [0.1, 0.15) is 28.7 Å². The summed E-state index contributed by atoms with van der Waals surface area (Å²) in [6.45, 7) is 18.1. The zero-order valence-electron chi connectivity index (χ0n) is 27.7. The molecule has 0 bridgehead atoms. The van der Waals surface area contributed by atoms with Crippen LogP contribution in [0.2, 0.25) is 0 Å². The fraction of sp³-hybridized carbons (Fsp3) is 0.158. The van der Waals surface area contributed by atoms with E-state index in [1.807, 2.05) is 0 Å². The van der Waals surface area contributed by atoms with Crippen LogP contribution in [0.3, 0.4) is 0 Å². The van der Waals surface area contributed by atoms with Crippen molar-refractivity contribution < 1.29 is 52.5 Å². The van der Waals surface area contributed by atoms with Gasteiger partial charge >= 0.3 is 29.8 Å². The van der Waals surface area contributed by atoms with Gasteiger partial charge in [0.15, 0.2) is 0 Å². The Hall–Kier alpha value is -6.36. The van der Waals surface area contributed by atoms with E-state index in [2.05, 4.69) is 19.7 Å². The lowest BCUT2D eigenvalue weighted by Gasteiger charge is -2.16. The van der Waals surface area contributed by atoms with Gasteiger partial charge in [-0.25, -0.2) is 24.0 Å². The second kappa shape index (κ2) is 16.5. The molecule has 0 amide bonds. The number of hydrogen-bond donors (Lipinski definition) is 0. The van der Waals surface area contributed by atoms with Gasteiger partial charge in [0, 0.05) is 39.8 Å². The van der Waals surface area contributed by atoms with E-state index in [1.54, 1.807) is 12.1 Å². The molecule has 0 unspecified atom stereocenters. The Balaban J connectivity index is 2.06. The van der Waals surface area contributed by atoms with Gasteiger partial charge in [-0.2, -0.15) is 0 Å². The molecule has 0 aromatic heterocycles. The summed E-state index contributed by atoms with van der Waals surface area (Å²) in [5.74, 6) is -4.31. The standard InChI is InChI=1S/C38H34O11/c1-9-31(39)38(44)48-32-20-30(25-10-12-27(13-11-25)45-34(40)21(2)3)33(49-36(42)23(6)7)19-26(32)18-24(8)37(43)47-29-16-14-28(15-17-29)46-35(41)22(4)5/h10-20H,2,4,6,9H2,1,3,5,7-8H3/b24-18+. The SMILES string of the molecule is C=C(C)C(=O)Oc1ccc(OC(=O)/C(C)=C/c2cc(OC(=O)C(=C)C)c(-c3ccc(OC(=O)C(=C)C)cc3)cc2OC(=O)C(=O)CC)cc1. The van der Waals surface area contributed by atoms with E-state index in [4.69, 9.17) is 23.7 Å². The normalized spacial score (nSPS) is 10.7. The van der Waals surface area contributed by atoms with Crippen LogP contribution in [0.1, 0.15) is 46.6 Å². The second-order valence-corrected chi connectivity index (χ2v) is 10.8. The lowest BCUT2D eigenvalue weighted by atomic mass is 10.00. The fourth-order valence-electron chi connectivity index (χ4n) is 3.72. The summed E-state index contributed by atoms with van der Waals surface area (Å²) in [5.41, 5.74) is 1.33. The quantitative estimate of drug-likeness (QED) is 0.0831. The Bertz CT molecular complexity index is 1890. The minimum absolute atomic E-state index is 0.00591. The second-order valence-electron chi connectivity index (χ2n) is 10.8. The summed E-state index contributed by atoms with van der Waals surface area (Å²) >= 11 is 0. The topological polar surface area (TPSA) is 149 Å².